The van der Waals surface area contributed by atoms with Crippen LogP contribution in [0.5, 0.6) is 0 Å². The molecule has 0 N–H and O–H groups in total. The van der Waals surface area contributed by atoms with Gasteiger partial charge in [0.2, 0.25) is 0 Å². The van der Waals surface area contributed by atoms with E-state index in [1.165, 1.54) is 33.5 Å². The molecule has 316 valence electrons. The molecule has 1 unspecified atom stereocenters. The fourth-order valence-corrected chi connectivity index (χ4v) is 9.70. The van der Waals surface area contributed by atoms with Gasteiger partial charge in [0.15, 0.2) is 0 Å². The summed E-state index contributed by atoms with van der Waals surface area (Å²) in [6, 6.07) is 54.5. The lowest BCUT2D eigenvalue weighted by Crippen LogP contribution is -2.31. The average Bonchev–Trinajstić information content (AvgIpc) is 3.83. The van der Waals surface area contributed by atoms with Gasteiger partial charge in [0.1, 0.15) is 6.04 Å². The highest BCUT2D eigenvalue weighted by atomic mass is 15.2. The number of fused-ring (bicyclic) bond motifs is 4. The highest BCUT2D eigenvalue weighted by Crippen LogP contribution is 2.41. The van der Waals surface area contributed by atoms with E-state index in [4.69, 9.17) is 0 Å². The average molecular weight is 841 g/mol. The Morgan fingerprint density at radius 1 is 0.708 bits per heavy atom. The van der Waals surface area contributed by atoms with Crippen molar-refractivity contribution in [2.45, 2.75) is 46.1 Å². The van der Waals surface area contributed by atoms with Crippen LogP contribution < -0.4 is 9.80 Å². The normalized spacial score (nSPS) is 16.0. The lowest BCUT2D eigenvalue weighted by molar-refractivity contribution is 0.888. The molecule has 0 amide bonds. The topological polar surface area (TPSA) is 16.3 Å². The number of aromatic nitrogens is 2. The standard InChI is InChI=1S/C61H52N4/c1-5-7-21-44(3)62(53-38-40-60-57(42-53)55(6-2)45(4)63(60)48-23-11-8-12-24-48)51-29-18-17-22-46(32-35-51)47-33-36-52(37-34-47)64(49-25-13-9-14-26-49)54-39-41-61-58(43-54)56-30-19-20-31-59(56)65(61)50-27-15-10-16-28-50/h5-16,19,21-28,30,32-43,51H,2,17,20,31H2,1,3-4H3/b7-5-,35-32-,44-21+,46-22+. The molecule has 0 saturated carbocycles. The Hall–Kier alpha value is -8.00. The molecule has 4 heteroatoms. The van der Waals surface area contributed by atoms with Gasteiger partial charge in [-0.1, -0.05) is 128 Å². The summed E-state index contributed by atoms with van der Waals surface area (Å²) in [6.07, 6.45) is 22.4. The molecule has 8 aromatic rings. The molecule has 0 spiro atoms. The zero-order chi connectivity index (χ0) is 44.3. The Bertz CT molecular complexity index is 3270. The Morgan fingerprint density at radius 2 is 1.34 bits per heavy atom. The van der Waals surface area contributed by atoms with Crippen LogP contribution in [0.3, 0.4) is 0 Å². The quantitative estimate of drug-likeness (QED) is 0.0953. The summed E-state index contributed by atoms with van der Waals surface area (Å²) < 4.78 is 4.78. The van der Waals surface area contributed by atoms with Crippen molar-refractivity contribution in [3.05, 3.63) is 235 Å². The van der Waals surface area contributed by atoms with E-state index in [9.17, 15) is 0 Å². The SMILES string of the molecule is C=Cc1c(C)n(-c2ccccc2)c2ccc(N(/C(C)=C/C=C\C)C3C#CC/C=C(c4ccc(N(c5ccccc5)c5ccc6c(c5)c5c(n6-c6ccccc6)CCC=C5)cc4)\C=C/3)cc12. The summed E-state index contributed by atoms with van der Waals surface area (Å²) in [5.74, 6) is 7.13. The van der Waals surface area contributed by atoms with E-state index in [0.717, 1.165) is 74.6 Å². The molecule has 0 saturated heterocycles. The fourth-order valence-electron chi connectivity index (χ4n) is 9.70. The number of nitrogens with zero attached hydrogens (tertiary/aromatic N) is 4. The highest BCUT2D eigenvalue weighted by Gasteiger charge is 2.23. The molecule has 2 aliphatic rings. The van der Waals surface area contributed by atoms with Crippen LogP contribution in [0.1, 0.15) is 54.8 Å². The Balaban J connectivity index is 0.992. The molecule has 65 heavy (non-hydrogen) atoms. The first-order chi connectivity index (χ1) is 32.0. The number of para-hydroxylation sites is 3. The van der Waals surface area contributed by atoms with Gasteiger partial charge >= 0.3 is 0 Å². The summed E-state index contributed by atoms with van der Waals surface area (Å²) in [5.41, 5.74) is 17.5. The van der Waals surface area contributed by atoms with Gasteiger partial charge in [0, 0.05) is 79.5 Å². The van der Waals surface area contributed by atoms with Crippen LogP contribution in [-0.2, 0) is 6.42 Å². The summed E-state index contributed by atoms with van der Waals surface area (Å²) in [7, 11) is 0. The third-order valence-electron chi connectivity index (χ3n) is 12.7. The molecular formula is C61H52N4. The molecule has 0 fully saturated rings. The van der Waals surface area contributed by atoms with Crippen molar-refractivity contribution in [3.63, 3.8) is 0 Å². The number of rotatable bonds is 11. The Labute approximate surface area is 383 Å². The molecule has 1 atom stereocenters. The van der Waals surface area contributed by atoms with Crippen LogP contribution in [0.15, 0.2) is 206 Å². The number of anilines is 4. The summed E-state index contributed by atoms with van der Waals surface area (Å²) in [6.45, 7) is 10.6. The summed E-state index contributed by atoms with van der Waals surface area (Å²) >= 11 is 0. The van der Waals surface area contributed by atoms with Crippen molar-refractivity contribution < 1.29 is 0 Å². The van der Waals surface area contributed by atoms with Crippen LogP contribution in [0.4, 0.5) is 22.7 Å². The minimum absolute atomic E-state index is 0.192. The molecule has 10 rings (SSSR count). The van der Waals surface area contributed by atoms with E-state index in [0.29, 0.717) is 6.42 Å². The van der Waals surface area contributed by atoms with Gasteiger partial charge < -0.3 is 18.9 Å². The molecule has 0 aliphatic heterocycles. The molecule has 6 aromatic carbocycles. The van der Waals surface area contributed by atoms with Crippen molar-refractivity contribution in [3.8, 4) is 23.2 Å². The van der Waals surface area contributed by atoms with Crippen LogP contribution in [0.25, 0.3) is 50.9 Å². The second-order valence-corrected chi connectivity index (χ2v) is 16.7. The van der Waals surface area contributed by atoms with Gasteiger partial charge in [-0.15, -0.1) is 0 Å². The van der Waals surface area contributed by atoms with Gasteiger partial charge in [0.25, 0.3) is 0 Å². The number of hydrogen-bond acceptors (Lipinski definition) is 2. The Kier molecular flexibility index (Phi) is 11.4. The van der Waals surface area contributed by atoms with Crippen molar-refractivity contribution in [1.29, 1.82) is 0 Å². The van der Waals surface area contributed by atoms with Crippen molar-refractivity contribution >= 4 is 62.3 Å². The van der Waals surface area contributed by atoms with E-state index in [1.54, 1.807) is 0 Å². The van der Waals surface area contributed by atoms with Gasteiger partial charge in [-0.3, -0.25) is 0 Å². The predicted molar refractivity (Wildman–Crippen MR) is 278 cm³/mol. The summed E-state index contributed by atoms with van der Waals surface area (Å²) in [5, 5.41) is 2.43. The maximum absolute atomic E-state index is 4.24. The monoisotopic (exact) mass is 840 g/mol. The van der Waals surface area contributed by atoms with E-state index < -0.39 is 0 Å². The first-order valence-corrected chi connectivity index (χ1v) is 22.7. The van der Waals surface area contributed by atoms with Gasteiger partial charge in [0.05, 0.1) is 11.0 Å². The molecular weight excluding hydrogens is 789 g/mol. The lowest BCUT2D eigenvalue weighted by Gasteiger charge is -2.30. The molecule has 4 nitrogen and oxygen atoms in total. The third kappa shape index (κ3) is 7.77. The van der Waals surface area contributed by atoms with Gasteiger partial charge in [-0.25, -0.2) is 0 Å². The zero-order valence-electron chi connectivity index (χ0n) is 37.3. The van der Waals surface area contributed by atoms with Crippen LogP contribution >= 0.6 is 0 Å². The fraction of sp³-hybridized carbons (Fsp3) is 0.115. The minimum Gasteiger partial charge on any atom is -0.328 e. The van der Waals surface area contributed by atoms with Crippen LogP contribution in [-0.4, -0.2) is 15.2 Å². The smallest absolute Gasteiger partial charge is 0.114 e. The maximum atomic E-state index is 4.24. The predicted octanol–water partition coefficient (Wildman–Crippen LogP) is 15.7. The van der Waals surface area contributed by atoms with E-state index >= 15 is 0 Å². The van der Waals surface area contributed by atoms with Crippen molar-refractivity contribution in [2.24, 2.45) is 0 Å². The first kappa shape index (κ1) is 41.0. The molecule has 0 radical (unpaired) electrons. The first-order valence-electron chi connectivity index (χ1n) is 22.7. The maximum Gasteiger partial charge on any atom is 0.114 e. The van der Waals surface area contributed by atoms with Crippen molar-refractivity contribution in [1.82, 2.24) is 9.13 Å². The van der Waals surface area contributed by atoms with E-state index in [1.807, 2.05) is 6.08 Å². The number of hydrogen-bond donors (Lipinski definition) is 0. The summed E-state index contributed by atoms with van der Waals surface area (Å²) in [4.78, 5) is 4.72. The largest absolute Gasteiger partial charge is 0.328 e. The van der Waals surface area contributed by atoms with E-state index in [-0.39, 0.29) is 6.04 Å². The zero-order valence-corrected chi connectivity index (χ0v) is 37.3. The second kappa shape index (κ2) is 18.0. The molecule has 2 aliphatic carbocycles. The third-order valence-corrected chi connectivity index (χ3v) is 12.7. The lowest BCUT2D eigenvalue weighted by atomic mass is 10.00. The number of allylic oxidation sites excluding steroid dienone is 8. The second-order valence-electron chi connectivity index (χ2n) is 16.7. The van der Waals surface area contributed by atoms with Gasteiger partial charge in [-0.2, -0.15) is 0 Å². The van der Waals surface area contributed by atoms with Crippen molar-refractivity contribution in [2.75, 3.05) is 9.80 Å². The van der Waals surface area contributed by atoms with Gasteiger partial charge in [-0.05, 0) is 142 Å². The Morgan fingerprint density at radius 3 is 2.05 bits per heavy atom. The molecule has 2 aromatic heterocycles. The minimum atomic E-state index is -0.192. The van der Waals surface area contributed by atoms with E-state index in [2.05, 4.69) is 258 Å². The molecule has 0 bridgehead atoms. The number of benzene rings is 6. The highest BCUT2D eigenvalue weighted by molar-refractivity contribution is 5.97. The van der Waals surface area contributed by atoms with Crippen LogP contribution in [0, 0.1) is 18.8 Å². The van der Waals surface area contributed by atoms with Crippen LogP contribution in [0.2, 0.25) is 0 Å². The molecule has 2 heterocycles.